The molecule has 2 rings (SSSR count). The molecule has 0 saturated heterocycles. The van der Waals surface area contributed by atoms with E-state index in [1.807, 2.05) is 13.8 Å². The molecule has 0 saturated carbocycles. The van der Waals surface area contributed by atoms with Crippen molar-refractivity contribution in [3.8, 4) is 0 Å². The van der Waals surface area contributed by atoms with E-state index in [9.17, 15) is 18.0 Å². The fourth-order valence-corrected chi connectivity index (χ4v) is 3.62. The van der Waals surface area contributed by atoms with E-state index in [0.717, 1.165) is 16.9 Å². The smallest absolute Gasteiger partial charge is 0.348 e. The lowest BCUT2D eigenvalue weighted by atomic mass is 10.2. The Morgan fingerprint density at radius 3 is 2.40 bits per heavy atom. The van der Waals surface area contributed by atoms with Crippen molar-refractivity contribution in [3.05, 3.63) is 45.6 Å². The van der Waals surface area contributed by atoms with Gasteiger partial charge in [0.1, 0.15) is 4.88 Å². The number of thiophene rings is 1. The number of hydrogen-bond donors (Lipinski definition) is 2. The molecule has 0 fully saturated rings. The molecular weight excluding hydrogens is 364 g/mol. The quantitative estimate of drug-likeness (QED) is 0.742. The van der Waals surface area contributed by atoms with Crippen LogP contribution in [0.25, 0.3) is 0 Å². The zero-order valence-electron chi connectivity index (χ0n) is 13.7. The third-order valence-corrected chi connectivity index (χ3v) is 5.41. The van der Waals surface area contributed by atoms with Crippen LogP contribution < -0.4 is 10.5 Å². The molecule has 1 amide bonds. The summed E-state index contributed by atoms with van der Waals surface area (Å²) in [5.41, 5.74) is 1.45. The van der Waals surface area contributed by atoms with Crippen molar-refractivity contribution < 1.29 is 22.7 Å². The van der Waals surface area contributed by atoms with Crippen LogP contribution >= 0.6 is 11.3 Å². The Bertz CT molecular complexity index is 886. The van der Waals surface area contributed by atoms with Crippen molar-refractivity contribution >= 4 is 38.9 Å². The van der Waals surface area contributed by atoms with Crippen LogP contribution in [0.15, 0.2) is 35.2 Å². The Morgan fingerprint density at radius 1 is 1.24 bits per heavy atom. The first-order valence-corrected chi connectivity index (χ1v) is 9.76. The Kier molecular flexibility index (Phi) is 5.93. The van der Waals surface area contributed by atoms with Crippen LogP contribution in [0.3, 0.4) is 0 Å². The number of carbonyl (C=O) groups is 2. The first kappa shape index (κ1) is 19.1. The highest BCUT2D eigenvalue weighted by Gasteiger charge is 2.15. The monoisotopic (exact) mass is 382 g/mol. The van der Waals surface area contributed by atoms with Crippen molar-refractivity contribution in [2.45, 2.75) is 25.2 Å². The second-order valence-corrected chi connectivity index (χ2v) is 8.06. The third-order valence-electron chi connectivity index (χ3n) is 3.40. The van der Waals surface area contributed by atoms with Gasteiger partial charge < -0.3 is 10.1 Å². The van der Waals surface area contributed by atoms with Crippen LogP contribution in [0.4, 0.5) is 5.69 Å². The van der Waals surface area contributed by atoms with Gasteiger partial charge in [-0.15, -0.1) is 11.3 Å². The van der Waals surface area contributed by atoms with Crippen LogP contribution in [0, 0.1) is 6.92 Å². The third kappa shape index (κ3) is 5.12. The minimum Gasteiger partial charge on any atom is -0.451 e. The molecule has 9 heteroatoms. The number of sulfonamides is 1. The van der Waals surface area contributed by atoms with Gasteiger partial charge in [0.05, 0.1) is 4.90 Å². The number of carbonyl (C=O) groups excluding carboxylic acids is 2. The molecule has 0 aliphatic rings. The van der Waals surface area contributed by atoms with E-state index < -0.39 is 28.5 Å². The Balaban J connectivity index is 1.90. The van der Waals surface area contributed by atoms with Crippen molar-refractivity contribution in [2.75, 3.05) is 11.9 Å². The fourth-order valence-electron chi connectivity index (χ4n) is 2.10. The SMILES string of the molecule is CCc1cc(C(=O)OCC(=O)Nc2ccc(S(N)(=O)=O)cc2)sc1C. The lowest BCUT2D eigenvalue weighted by Gasteiger charge is -2.06. The van der Waals surface area contributed by atoms with E-state index in [0.29, 0.717) is 10.6 Å². The number of nitrogens with one attached hydrogen (secondary N) is 1. The molecule has 3 N–H and O–H groups in total. The van der Waals surface area contributed by atoms with Gasteiger partial charge in [-0.2, -0.15) is 0 Å². The minimum absolute atomic E-state index is 0.0586. The van der Waals surface area contributed by atoms with Gasteiger partial charge in [0, 0.05) is 10.6 Å². The first-order valence-electron chi connectivity index (χ1n) is 7.40. The van der Waals surface area contributed by atoms with Gasteiger partial charge in [-0.05, 0) is 49.2 Å². The normalized spacial score (nSPS) is 11.2. The zero-order valence-corrected chi connectivity index (χ0v) is 15.4. The average Bonchev–Trinajstić information content (AvgIpc) is 2.93. The highest BCUT2D eigenvalue weighted by molar-refractivity contribution is 7.89. The molecule has 0 aliphatic heterocycles. The average molecular weight is 382 g/mol. The molecule has 0 bridgehead atoms. The summed E-state index contributed by atoms with van der Waals surface area (Å²) in [4.78, 5) is 25.2. The summed E-state index contributed by atoms with van der Waals surface area (Å²) < 4.78 is 27.3. The van der Waals surface area contributed by atoms with E-state index in [1.54, 1.807) is 6.07 Å². The maximum absolute atomic E-state index is 12.0. The Morgan fingerprint density at radius 2 is 1.88 bits per heavy atom. The highest BCUT2D eigenvalue weighted by atomic mass is 32.2. The largest absolute Gasteiger partial charge is 0.451 e. The zero-order chi connectivity index (χ0) is 18.6. The van der Waals surface area contributed by atoms with Crippen LogP contribution in [0.5, 0.6) is 0 Å². The van der Waals surface area contributed by atoms with Crippen LogP contribution in [0.2, 0.25) is 0 Å². The van der Waals surface area contributed by atoms with E-state index in [2.05, 4.69) is 5.32 Å². The molecule has 0 radical (unpaired) electrons. The van der Waals surface area contributed by atoms with Crippen LogP contribution in [-0.4, -0.2) is 26.9 Å². The number of ether oxygens (including phenoxy) is 1. The predicted octanol–water partition coefficient (Wildman–Crippen LogP) is 2.06. The summed E-state index contributed by atoms with van der Waals surface area (Å²) in [6, 6.07) is 7.12. The maximum atomic E-state index is 12.0. The number of aryl methyl sites for hydroxylation is 2. The van der Waals surface area contributed by atoms with Crippen LogP contribution in [0.1, 0.15) is 27.0 Å². The molecule has 0 atom stereocenters. The molecule has 7 nitrogen and oxygen atoms in total. The number of amides is 1. The molecule has 25 heavy (non-hydrogen) atoms. The molecule has 0 aliphatic carbocycles. The number of hydrogen-bond acceptors (Lipinski definition) is 6. The lowest BCUT2D eigenvalue weighted by molar-refractivity contribution is -0.119. The summed E-state index contributed by atoms with van der Waals surface area (Å²) in [5.74, 6) is -1.08. The first-order chi connectivity index (χ1) is 11.7. The lowest BCUT2D eigenvalue weighted by Crippen LogP contribution is -2.20. The molecular formula is C16H18N2O5S2. The van der Waals surface area contributed by atoms with E-state index in [1.165, 1.54) is 35.6 Å². The van der Waals surface area contributed by atoms with Gasteiger partial charge in [0.2, 0.25) is 10.0 Å². The number of esters is 1. The van der Waals surface area contributed by atoms with Gasteiger partial charge in [-0.1, -0.05) is 6.92 Å². The predicted molar refractivity (Wildman–Crippen MR) is 95.2 cm³/mol. The second-order valence-electron chi connectivity index (χ2n) is 5.24. The molecule has 0 spiro atoms. The molecule has 1 aromatic carbocycles. The standard InChI is InChI=1S/C16H18N2O5S2/c1-3-11-8-14(24-10(11)2)16(20)23-9-15(19)18-12-4-6-13(7-5-12)25(17,21)22/h4-8H,3,9H2,1-2H3,(H,18,19)(H2,17,21,22). The van der Waals surface area contributed by atoms with Gasteiger partial charge in [-0.3, -0.25) is 4.79 Å². The minimum atomic E-state index is -3.78. The summed E-state index contributed by atoms with van der Waals surface area (Å²) >= 11 is 1.33. The van der Waals surface area contributed by atoms with Crippen molar-refractivity contribution in [2.24, 2.45) is 5.14 Å². The molecule has 0 unspecified atom stereocenters. The van der Waals surface area contributed by atoms with Crippen molar-refractivity contribution in [1.29, 1.82) is 0 Å². The highest BCUT2D eigenvalue weighted by Crippen LogP contribution is 2.22. The fraction of sp³-hybridized carbons (Fsp3) is 0.250. The van der Waals surface area contributed by atoms with Crippen molar-refractivity contribution in [3.63, 3.8) is 0 Å². The number of anilines is 1. The van der Waals surface area contributed by atoms with Gasteiger partial charge in [0.15, 0.2) is 6.61 Å². The molecule has 1 aromatic heterocycles. The number of benzene rings is 1. The maximum Gasteiger partial charge on any atom is 0.348 e. The van der Waals surface area contributed by atoms with Crippen LogP contribution in [-0.2, 0) is 26.0 Å². The van der Waals surface area contributed by atoms with Gasteiger partial charge in [-0.25, -0.2) is 18.4 Å². The number of primary sulfonamides is 1. The topological polar surface area (TPSA) is 116 Å². The van der Waals surface area contributed by atoms with Gasteiger partial charge >= 0.3 is 5.97 Å². The van der Waals surface area contributed by atoms with E-state index in [-0.39, 0.29) is 4.90 Å². The number of rotatable bonds is 6. The molecule has 134 valence electrons. The summed E-state index contributed by atoms with van der Waals surface area (Å²) in [5, 5.41) is 7.50. The Labute approximate surface area is 149 Å². The summed E-state index contributed by atoms with van der Waals surface area (Å²) in [6.07, 6.45) is 0.824. The summed E-state index contributed by atoms with van der Waals surface area (Å²) in [6.45, 7) is 3.49. The van der Waals surface area contributed by atoms with Gasteiger partial charge in [0.25, 0.3) is 5.91 Å². The second kappa shape index (κ2) is 7.77. The van der Waals surface area contributed by atoms with Crippen molar-refractivity contribution in [1.82, 2.24) is 0 Å². The molecule has 2 aromatic rings. The van der Waals surface area contributed by atoms with E-state index >= 15 is 0 Å². The van der Waals surface area contributed by atoms with E-state index in [4.69, 9.17) is 9.88 Å². The number of nitrogens with two attached hydrogens (primary N) is 1. The Hall–Kier alpha value is -2.23. The summed E-state index contributed by atoms with van der Waals surface area (Å²) in [7, 11) is -3.78. The molecule has 1 heterocycles.